The number of amides is 1. The molecule has 128 valence electrons. The number of para-hydroxylation sites is 1. The van der Waals surface area contributed by atoms with Gasteiger partial charge in [-0.25, -0.2) is 0 Å². The predicted molar refractivity (Wildman–Crippen MR) is 96.9 cm³/mol. The Balaban J connectivity index is 1.60. The number of benzene rings is 2. The number of nitrogens with one attached hydrogen (secondary N) is 1. The number of carbonyl (C=O) groups is 1. The van der Waals surface area contributed by atoms with Crippen molar-refractivity contribution in [3.63, 3.8) is 0 Å². The van der Waals surface area contributed by atoms with Crippen molar-refractivity contribution in [1.29, 1.82) is 0 Å². The second kappa shape index (κ2) is 7.85. The van der Waals surface area contributed by atoms with Crippen molar-refractivity contribution in [3.8, 4) is 5.75 Å². The molecule has 0 atom stereocenters. The number of nitrogens with zero attached hydrogens (tertiary/aromatic N) is 2. The minimum atomic E-state index is -0.125. The highest BCUT2D eigenvalue weighted by Gasteiger charge is 2.08. The smallest absolute Gasteiger partial charge is 0.251 e. The molecule has 3 rings (SSSR count). The quantitative estimate of drug-likeness (QED) is 0.736. The van der Waals surface area contributed by atoms with Crippen LogP contribution in [0.15, 0.2) is 60.9 Å². The lowest BCUT2D eigenvalue weighted by Gasteiger charge is -2.10. The third kappa shape index (κ3) is 4.39. The van der Waals surface area contributed by atoms with Gasteiger partial charge in [0.25, 0.3) is 5.91 Å². The fraction of sp³-hybridized carbons (Fsp3) is 0.158. The molecule has 2 aromatic carbocycles. The summed E-state index contributed by atoms with van der Waals surface area (Å²) in [6.45, 7) is 1.02. The number of halogens is 1. The SMILES string of the molecule is COc1ccccc1CNC(=O)c1ccc(Cn2cc(Cl)cn2)cc1. The summed E-state index contributed by atoms with van der Waals surface area (Å²) in [7, 11) is 1.62. The van der Waals surface area contributed by atoms with Crippen LogP contribution in [0, 0.1) is 0 Å². The lowest BCUT2D eigenvalue weighted by molar-refractivity contribution is 0.0950. The average molecular weight is 356 g/mol. The van der Waals surface area contributed by atoms with E-state index in [1.165, 1.54) is 0 Å². The molecule has 1 aromatic heterocycles. The average Bonchev–Trinajstić information content (AvgIpc) is 3.05. The Kier molecular flexibility index (Phi) is 5.36. The molecule has 1 amide bonds. The van der Waals surface area contributed by atoms with Crippen molar-refractivity contribution in [2.75, 3.05) is 7.11 Å². The van der Waals surface area contributed by atoms with E-state index in [4.69, 9.17) is 16.3 Å². The first kappa shape index (κ1) is 17.0. The van der Waals surface area contributed by atoms with Crippen LogP contribution in [-0.2, 0) is 13.1 Å². The van der Waals surface area contributed by atoms with Gasteiger partial charge in [0.05, 0.1) is 24.9 Å². The van der Waals surface area contributed by atoms with Gasteiger partial charge in [-0.05, 0) is 23.8 Å². The highest BCUT2D eigenvalue weighted by molar-refractivity contribution is 6.30. The molecule has 0 spiro atoms. The molecule has 6 heteroatoms. The summed E-state index contributed by atoms with van der Waals surface area (Å²) in [4.78, 5) is 12.3. The van der Waals surface area contributed by atoms with Gasteiger partial charge in [0.2, 0.25) is 0 Å². The Morgan fingerprint density at radius 1 is 1.20 bits per heavy atom. The van der Waals surface area contributed by atoms with Crippen LogP contribution in [0.4, 0.5) is 0 Å². The van der Waals surface area contributed by atoms with Gasteiger partial charge < -0.3 is 10.1 Å². The molecule has 0 aliphatic heterocycles. The van der Waals surface area contributed by atoms with E-state index in [0.29, 0.717) is 23.7 Å². The Morgan fingerprint density at radius 3 is 2.64 bits per heavy atom. The molecule has 0 aliphatic carbocycles. The van der Waals surface area contributed by atoms with Crippen molar-refractivity contribution < 1.29 is 9.53 Å². The van der Waals surface area contributed by atoms with E-state index in [9.17, 15) is 4.79 Å². The Morgan fingerprint density at radius 2 is 1.96 bits per heavy atom. The van der Waals surface area contributed by atoms with E-state index in [2.05, 4.69) is 10.4 Å². The van der Waals surface area contributed by atoms with Crippen LogP contribution in [0.1, 0.15) is 21.5 Å². The van der Waals surface area contributed by atoms with E-state index >= 15 is 0 Å². The number of carbonyl (C=O) groups excluding carboxylic acids is 1. The highest BCUT2D eigenvalue weighted by atomic mass is 35.5. The van der Waals surface area contributed by atoms with Gasteiger partial charge in [-0.15, -0.1) is 0 Å². The van der Waals surface area contributed by atoms with Gasteiger partial charge in [-0.1, -0.05) is 41.9 Å². The molecule has 0 aliphatic rings. The normalized spacial score (nSPS) is 10.5. The summed E-state index contributed by atoms with van der Waals surface area (Å²) in [5.74, 6) is 0.635. The van der Waals surface area contributed by atoms with Crippen LogP contribution >= 0.6 is 11.6 Å². The van der Waals surface area contributed by atoms with Crippen molar-refractivity contribution in [2.24, 2.45) is 0 Å². The van der Waals surface area contributed by atoms with Gasteiger partial charge >= 0.3 is 0 Å². The largest absolute Gasteiger partial charge is 0.496 e. The van der Waals surface area contributed by atoms with Crippen LogP contribution in [0.2, 0.25) is 5.02 Å². The Hall–Kier alpha value is -2.79. The Labute approximate surface area is 151 Å². The van der Waals surface area contributed by atoms with Crippen molar-refractivity contribution >= 4 is 17.5 Å². The van der Waals surface area contributed by atoms with Crippen molar-refractivity contribution in [1.82, 2.24) is 15.1 Å². The number of aromatic nitrogens is 2. The van der Waals surface area contributed by atoms with Crippen LogP contribution in [0.3, 0.4) is 0 Å². The van der Waals surface area contributed by atoms with E-state index in [-0.39, 0.29) is 5.91 Å². The van der Waals surface area contributed by atoms with Crippen molar-refractivity contribution in [2.45, 2.75) is 13.1 Å². The first-order valence-electron chi connectivity index (χ1n) is 7.82. The second-order valence-electron chi connectivity index (χ2n) is 5.55. The number of hydrogen-bond donors (Lipinski definition) is 1. The molecule has 5 nitrogen and oxygen atoms in total. The molecule has 0 saturated heterocycles. The predicted octanol–water partition coefficient (Wildman–Crippen LogP) is 3.52. The van der Waals surface area contributed by atoms with E-state index < -0.39 is 0 Å². The highest BCUT2D eigenvalue weighted by Crippen LogP contribution is 2.17. The zero-order chi connectivity index (χ0) is 17.6. The standard InChI is InChI=1S/C19H18ClN3O2/c1-25-18-5-3-2-4-16(18)10-21-19(24)15-8-6-14(7-9-15)12-23-13-17(20)11-22-23/h2-9,11,13H,10,12H2,1H3,(H,21,24). The van der Waals surface area contributed by atoms with Gasteiger partial charge in [-0.2, -0.15) is 5.10 Å². The summed E-state index contributed by atoms with van der Waals surface area (Å²) in [5, 5.41) is 7.65. The molecule has 0 bridgehead atoms. The van der Waals surface area contributed by atoms with Gasteiger partial charge in [0, 0.05) is 23.9 Å². The zero-order valence-corrected chi connectivity index (χ0v) is 14.5. The molecule has 1 heterocycles. The second-order valence-corrected chi connectivity index (χ2v) is 5.98. The molecule has 25 heavy (non-hydrogen) atoms. The number of hydrogen-bond acceptors (Lipinski definition) is 3. The summed E-state index contributed by atoms with van der Waals surface area (Å²) in [6, 6.07) is 15.0. The first-order valence-corrected chi connectivity index (χ1v) is 8.20. The lowest BCUT2D eigenvalue weighted by atomic mass is 10.1. The molecular formula is C19H18ClN3O2. The molecular weight excluding hydrogens is 338 g/mol. The van der Waals surface area contributed by atoms with Gasteiger partial charge in [0.15, 0.2) is 0 Å². The maximum Gasteiger partial charge on any atom is 0.251 e. The molecule has 0 fully saturated rings. The monoisotopic (exact) mass is 355 g/mol. The fourth-order valence-electron chi connectivity index (χ4n) is 2.50. The van der Waals surface area contributed by atoms with Gasteiger partial charge in [-0.3, -0.25) is 9.48 Å². The number of ether oxygens (including phenoxy) is 1. The third-order valence-electron chi connectivity index (χ3n) is 3.79. The number of rotatable bonds is 6. The van der Waals surface area contributed by atoms with Crippen LogP contribution < -0.4 is 10.1 Å². The molecule has 0 radical (unpaired) electrons. The minimum absolute atomic E-state index is 0.125. The third-order valence-corrected chi connectivity index (χ3v) is 3.99. The van der Waals surface area contributed by atoms with E-state index in [0.717, 1.165) is 16.9 Å². The number of methoxy groups -OCH3 is 1. The summed E-state index contributed by atoms with van der Waals surface area (Å²) in [6.07, 6.45) is 3.36. The molecule has 1 N–H and O–H groups in total. The maximum absolute atomic E-state index is 12.3. The molecule has 3 aromatic rings. The topological polar surface area (TPSA) is 56.1 Å². The Bertz CT molecular complexity index is 859. The van der Waals surface area contributed by atoms with E-state index in [1.54, 1.807) is 36.3 Å². The van der Waals surface area contributed by atoms with Crippen molar-refractivity contribution in [3.05, 3.63) is 82.6 Å². The molecule has 0 saturated carbocycles. The first-order chi connectivity index (χ1) is 12.2. The van der Waals surface area contributed by atoms with Crippen LogP contribution in [0.5, 0.6) is 5.75 Å². The zero-order valence-electron chi connectivity index (χ0n) is 13.8. The van der Waals surface area contributed by atoms with E-state index in [1.807, 2.05) is 36.4 Å². The lowest BCUT2D eigenvalue weighted by Crippen LogP contribution is -2.23. The summed E-state index contributed by atoms with van der Waals surface area (Å²) < 4.78 is 7.04. The fourth-order valence-corrected chi connectivity index (χ4v) is 2.66. The van der Waals surface area contributed by atoms with Crippen LogP contribution in [0.25, 0.3) is 0 Å². The summed E-state index contributed by atoms with van der Waals surface area (Å²) in [5.41, 5.74) is 2.59. The summed E-state index contributed by atoms with van der Waals surface area (Å²) >= 11 is 5.86. The maximum atomic E-state index is 12.3. The minimum Gasteiger partial charge on any atom is -0.496 e. The molecule has 0 unspecified atom stereocenters. The van der Waals surface area contributed by atoms with Crippen LogP contribution in [-0.4, -0.2) is 22.8 Å². The van der Waals surface area contributed by atoms with Gasteiger partial charge in [0.1, 0.15) is 5.75 Å².